The molecule has 0 saturated carbocycles. The van der Waals surface area contributed by atoms with Gasteiger partial charge in [-0.2, -0.15) is 0 Å². The molecule has 126 valence electrons. The molecule has 9 nitrogen and oxygen atoms in total. The fraction of sp³-hybridized carbons (Fsp3) is 0.533. The molecule has 4 rings (SSSR count). The van der Waals surface area contributed by atoms with Crippen LogP contribution in [0.25, 0.3) is 0 Å². The zero-order valence-electron chi connectivity index (χ0n) is 13.6. The summed E-state index contributed by atoms with van der Waals surface area (Å²) in [5, 5.41) is 7.70. The molecule has 9 heteroatoms. The molecule has 24 heavy (non-hydrogen) atoms. The van der Waals surface area contributed by atoms with Crippen LogP contribution in [0.2, 0.25) is 0 Å². The second-order valence-electron chi connectivity index (χ2n) is 6.21. The van der Waals surface area contributed by atoms with E-state index in [0.717, 1.165) is 45.2 Å². The molecule has 0 radical (unpaired) electrons. The van der Waals surface area contributed by atoms with Gasteiger partial charge in [-0.25, -0.2) is 9.97 Å². The predicted molar refractivity (Wildman–Crippen MR) is 86.5 cm³/mol. The fourth-order valence-corrected chi connectivity index (χ4v) is 3.20. The summed E-state index contributed by atoms with van der Waals surface area (Å²) in [7, 11) is 1.76. The van der Waals surface area contributed by atoms with Gasteiger partial charge < -0.3 is 9.80 Å². The van der Waals surface area contributed by atoms with E-state index in [9.17, 15) is 4.79 Å². The third-order valence-corrected chi connectivity index (χ3v) is 4.64. The molecule has 2 aliphatic rings. The number of aryl methyl sites for hydroxylation is 1. The predicted octanol–water partition coefficient (Wildman–Crippen LogP) is -0.748. The first-order valence-electron chi connectivity index (χ1n) is 8.12. The highest BCUT2D eigenvalue weighted by molar-refractivity contribution is 5.92. The molecule has 2 aromatic heterocycles. The Morgan fingerprint density at radius 3 is 2.46 bits per heavy atom. The standard InChI is InChI=1S/C15H20N8O/c1-20-11-13(18-19-20)14(24)23-9-12(10-23)21-5-7-22(8-6-21)15-16-3-2-4-17-15/h2-4,11-12H,5-10H2,1H3. The number of carbonyl (C=O) groups excluding carboxylic acids is 1. The summed E-state index contributed by atoms with van der Waals surface area (Å²) >= 11 is 0. The fourth-order valence-electron chi connectivity index (χ4n) is 3.20. The summed E-state index contributed by atoms with van der Waals surface area (Å²) in [5.74, 6) is 0.765. The number of aromatic nitrogens is 5. The van der Waals surface area contributed by atoms with Crippen LogP contribution in [-0.4, -0.2) is 86.0 Å². The zero-order valence-corrected chi connectivity index (χ0v) is 13.6. The molecule has 1 amide bonds. The van der Waals surface area contributed by atoms with Crippen molar-refractivity contribution < 1.29 is 4.79 Å². The molecule has 0 spiro atoms. The van der Waals surface area contributed by atoms with E-state index in [1.807, 2.05) is 11.0 Å². The van der Waals surface area contributed by atoms with Gasteiger partial charge in [0.05, 0.1) is 6.20 Å². The maximum Gasteiger partial charge on any atom is 0.276 e. The number of anilines is 1. The zero-order chi connectivity index (χ0) is 16.5. The van der Waals surface area contributed by atoms with Crippen LogP contribution in [0, 0.1) is 0 Å². The van der Waals surface area contributed by atoms with Crippen LogP contribution < -0.4 is 4.90 Å². The Morgan fingerprint density at radius 2 is 1.83 bits per heavy atom. The molecule has 0 atom stereocenters. The van der Waals surface area contributed by atoms with Crippen molar-refractivity contribution in [3.05, 3.63) is 30.4 Å². The quantitative estimate of drug-likeness (QED) is 0.733. The lowest BCUT2D eigenvalue weighted by atomic mass is 10.1. The molecular formula is C15H20N8O. The Kier molecular flexibility index (Phi) is 3.85. The van der Waals surface area contributed by atoms with Gasteiger partial charge in [0.2, 0.25) is 5.95 Å². The average molecular weight is 328 g/mol. The lowest BCUT2D eigenvalue weighted by Crippen LogP contribution is -2.64. The second kappa shape index (κ2) is 6.16. The van der Waals surface area contributed by atoms with Gasteiger partial charge in [0.1, 0.15) is 0 Å². The van der Waals surface area contributed by atoms with Crippen LogP contribution in [0.5, 0.6) is 0 Å². The van der Waals surface area contributed by atoms with Crippen LogP contribution >= 0.6 is 0 Å². The van der Waals surface area contributed by atoms with E-state index >= 15 is 0 Å². The molecule has 0 N–H and O–H groups in total. The highest BCUT2D eigenvalue weighted by Crippen LogP contribution is 2.20. The van der Waals surface area contributed by atoms with Gasteiger partial charge in [0.25, 0.3) is 5.91 Å². The third-order valence-electron chi connectivity index (χ3n) is 4.64. The second-order valence-corrected chi connectivity index (χ2v) is 6.21. The van der Waals surface area contributed by atoms with Crippen molar-refractivity contribution in [2.75, 3.05) is 44.2 Å². The van der Waals surface area contributed by atoms with Gasteiger partial charge in [-0.1, -0.05) is 5.21 Å². The minimum Gasteiger partial charge on any atom is -0.338 e. The van der Waals surface area contributed by atoms with Crippen LogP contribution in [0.4, 0.5) is 5.95 Å². The molecule has 2 saturated heterocycles. The Bertz CT molecular complexity index is 703. The van der Waals surface area contributed by atoms with Gasteiger partial charge in [-0.15, -0.1) is 5.10 Å². The smallest absolute Gasteiger partial charge is 0.276 e. The Labute approximate surface area is 139 Å². The van der Waals surface area contributed by atoms with E-state index in [0.29, 0.717) is 11.7 Å². The Balaban J connectivity index is 1.27. The van der Waals surface area contributed by atoms with Crippen molar-refractivity contribution in [1.82, 2.24) is 34.8 Å². The molecule has 2 aromatic rings. The minimum absolute atomic E-state index is 0.0318. The summed E-state index contributed by atoms with van der Waals surface area (Å²) in [6.07, 6.45) is 5.21. The number of hydrogen-bond acceptors (Lipinski definition) is 7. The first-order chi connectivity index (χ1) is 11.7. The molecule has 0 unspecified atom stereocenters. The summed E-state index contributed by atoms with van der Waals surface area (Å²) < 4.78 is 1.55. The number of hydrogen-bond donors (Lipinski definition) is 0. The Morgan fingerprint density at radius 1 is 1.12 bits per heavy atom. The van der Waals surface area contributed by atoms with Crippen molar-refractivity contribution in [1.29, 1.82) is 0 Å². The minimum atomic E-state index is -0.0318. The number of piperazine rings is 1. The number of rotatable bonds is 3. The van der Waals surface area contributed by atoms with E-state index < -0.39 is 0 Å². The van der Waals surface area contributed by atoms with E-state index in [2.05, 4.69) is 30.1 Å². The molecule has 0 bridgehead atoms. The Hall–Kier alpha value is -2.55. The van der Waals surface area contributed by atoms with Gasteiger partial charge in [0.15, 0.2) is 5.69 Å². The summed E-state index contributed by atoms with van der Waals surface area (Å²) in [4.78, 5) is 27.4. The van der Waals surface area contributed by atoms with Crippen molar-refractivity contribution in [2.45, 2.75) is 6.04 Å². The van der Waals surface area contributed by atoms with Crippen molar-refractivity contribution in [2.24, 2.45) is 7.05 Å². The van der Waals surface area contributed by atoms with Crippen molar-refractivity contribution in [3.63, 3.8) is 0 Å². The normalized spacial score (nSPS) is 19.4. The highest BCUT2D eigenvalue weighted by atomic mass is 16.2. The van der Waals surface area contributed by atoms with E-state index in [1.165, 1.54) is 0 Å². The molecule has 2 aliphatic heterocycles. The number of carbonyl (C=O) groups is 1. The monoisotopic (exact) mass is 328 g/mol. The first kappa shape index (κ1) is 15.0. The molecule has 0 aromatic carbocycles. The van der Waals surface area contributed by atoms with Gasteiger partial charge in [-0.3, -0.25) is 14.4 Å². The van der Waals surface area contributed by atoms with Crippen LogP contribution in [-0.2, 0) is 7.05 Å². The maximum atomic E-state index is 12.3. The van der Waals surface area contributed by atoms with Gasteiger partial charge >= 0.3 is 0 Å². The van der Waals surface area contributed by atoms with Crippen molar-refractivity contribution in [3.8, 4) is 0 Å². The third kappa shape index (κ3) is 2.82. The summed E-state index contributed by atoms with van der Waals surface area (Å²) in [5.41, 5.74) is 0.419. The number of likely N-dealkylation sites (tertiary alicyclic amines) is 1. The van der Waals surface area contributed by atoms with E-state index in [-0.39, 0.29) is 5.91 Å². The molecule has 2 fully saturated rings. The SMILES string of the molecule is Cn1cc(C(=O)N2CC(N3CCN(c4ncccn4)CC3)C2)nn1. The lowest BCUT2D eigenvalue weighted by Gasteiger charge is -2.47. The maximum absolute atomic E-state index is 12.3. The molecule has 4 heterocycles. The van der Waals surface area contributed by atoms with Crippen molar-refractivity contribution >= 4 is 11.9 Å². The van der Waals surface area contributed by atoms with Gasteiger partial charge in [0, 0.05) is 64.8 Å². The van der Waals surface area contributed by atoms with Crippen LogP contribution in [0.3, 0.4) is 0 Å². The van der Waals surface area contributed by atoms with E-state index in [1.54, 1.807) is 30.3 Å². The topological polar surface area (TPSA) is 83.3 Å². The molecular weight excluding hydrogens is 308 g/mol. The average Bonchev–Trinajstić information content (AvgIpc) is 3.01. The lowest BCUT2D eigenvalue weighted by molar-refractivity contribution is 0.0241. The number of amides is 1. The molecule has 0 aliphatic carbocycles. The van der Waals surface area contributed by atoms with E-state index in [4.69, 9.17) is 0 Å². The van der Waals surface area contributed by atoms with Crippen LogP contribution in [0.15, 0.2) is 24.7 Å². The first-order valence-corrected chi connectivity index (χ1v) is 8.12. The number of nitrogens with zero attached hydrogens (tertiary/aromatic N) is 8. The largest absolute Gasteiger partial charge is 0.338 e. The van der Waals surface area contributed by atoms with Crippen LogP contribution in [0.1, 0.15) is 10.5 Å². The summed E-state index contributed by atoms with van der Waals surface area (Å²) in [6.45, 7) is 5.29. The highest BCUT2D eigenvalue weighted by Gasteiger charge is 2.37. The van der Waals surface area contributed by atoms with Gasteiger partial charge in [-0.05, 0) is 6.07 Å². The summed E-state index contributed by atoms with van der Waals surface area (Å²) in [6, 6.07) is 2.26.